The minimum atomic E-state index is -3.54. The van der Waals surface area contributed by atoms with Crippen molar-refractivity contribution in [3.05, 3.63) is 34.9 Å². The molecule has 1 amide bonds. The van der Waals surface area contributed by atoms with Crippen molar-refractivity contribution in [1.29, 1.82) is 0 Å². The van der Waals surface area contributed by atoms with Crippen LogP contribution in [0.5, 0.6) is 0 Å². The average molecular weight is 328 g/mol. The molecule has 0 atom stereocenters. The van der Waals surface area contributed by atoms with E-state index >= 15 is 0 Å². The number of rotatable bonds is 9. The minimum absolute atomic E-state index is 0.128. The SMILES string of the molecule is COCCCNC(=O)CNS(=O)(=O)Cc1cc(C)ccc1C. The molecule has 22 heavy (non-hydrogen) atoms. The van der Waals surface area contributed by atoms with Crippen LogP contribution in [-0.4, -0.2) is 41.1 Å². The first-order valence-electron chi connectivity index (χ1n) is 7.13. The Morgan fingerprint density at radius 1 is 1.27 bits per heavy atom. The van der Waals surface area contributed by atoms with Crippen molar-refractivity contribution in [3.8, 4) is 0 Å². The molecule has 1 aromatic carbocycles. The van der Waals surface area contributed by atoms with Gasteiger partial charge < -0.3 is 10.1 Å². The van der Waals surface area contributed by atoms with Gasteiger partial charge in [0.1, 0.15) is 0 Å². The third kappa shape index (κ3) is 7.02. The van der Waals surface area contributed by atoms with Crippen LogP contribution < -0.4 is 10.0 Å². The van der Waals surface area contributed by atoms with Crippen LogP contribution in [0.3, 0.4) is 0 Å². The molecule has 0 bridgehead atoms. The number of hydrogen-bond acceptors (Lipinski definition) is 4. The van der Waals surface area contributed by atoms with Crippen LogP contribution in [0, 0.1) is 13.8 Å². The Balaban J connectivity index is 2.47. The molecular formula is C15H24N2O4S. The van der Waals surface area contributed by atoms with E-state index < -0.39 is 10.0 Å². The highest BCUT2D eigenvalue weighted by atomic mass is 32.2. The molecule has 0 aliphatic heterocycles. The number of methoxy groups -OCH3 is 1. The molecule has 6 nitrogen and oxygen atoms in total. The van der Waals surface area contributed by atoms with Gasteiger partial charge in [-0.3, -0.25) is 4.79 Å². The minimum Gasteiger partial charge on any atom is -0.385 e. The average Bonchev–Trinajstić information content (AvgIpc) is 2.45. The summed E-state index contributed by atoms with van der Waals surface area (Å²) in [5.41, 5.74) is 2.67. The smallest absolute Gasteiger partial charge is 0.235 e. The Kier molecular flexibility index (Phi) is 7.50. The molecular weight excluding hydrogens is 304 g/mol. The molecule has 2 N–H and O–H groups in total. The van der Waals surface area contributed by atoms with Crippen LogP contribution in [0.15, 0.2) is 18.2 Å². The Labute approximate surface area is 132 Å². The Morgan fingerprint density at radius 2 is 2.00 bits per heavy atom. The van der Waals surface area contributed by atoms with Crippen LogP contribution in [0.2, 0.25) is 0 Å². The Bertz CT molecular complexity index is 600. The highest BCUT2D eigenvalue weighted by Crippen LogP contribution is 2.13. The molecule has 0 aliphatic carbocycles. The van der Waals surface area contributed by atoms with Gasteiger partial charge in [-0.25, -0.2) is 13.1 Å². The standard InChI is InChI=1S/C15H24N2O4S/c1-12-5-6-13(2)14(9-12)11-22(19,20)17-10-15(18)16-7-4-8-21-3/h5-6,9,17H,4,7-8,10-11H2,1-3H3,(H,16,18). The summed E-state index contributed by atoms with van der Waals surface area (Å²) in [6.07, 6.45) is 0.692. The summed E-state index contributed by atoms with van der Waals surface area (Å²) in [7, 11) is -1.95. The van der Waals surface area contributed by atoms with Crippen molar-refractivity contribution in [3.63, 3.8) is 0 Å². The number of sulfonamides is 1. The topological polar surface area (TPSA) is 84.5 Å². The quantitative estimate of drug-likeness (QED) is 0.659. The zero-order valence-corrected chi connectivity index (χ0v) is 14.1. The van der Waals surface area contributed by atoms with E-state index in [4.69, 9.17) is 4.74 Å². The van der Waals surface area contributed by atoms with Crippen molar-refractivity contribution in [1.82, 2.24) is 10.0 Å². The van der Waals surface area contributed by atoms with Crippen molar-refractivity contribution in [2.24, 2.45) is 0 Å². The van der Waals surface area contributed by atoms with Gasteiger partial charge in [0.15, 0.2) is 0 Å². The van der Waals surface area contributed by atoms with E-state index in [9.17, 15) is 13.2 Å². The summed E-state index contributed by atoms with van der Waals surface area (Å²) in [5, 5.41) is 2.63. The number of aryl methyl sites for hydroxylation is 2. The molecule has 0 saturated carbocycles. The lowest BCUT2D eigenvalue weighted by atomic mass is 10.1. The number of carbonyl (C=O) groups is 1. The van der Waals surface area contributed by atoms with Crippen molar-refractivity contribution in [2.45, 2.75) is 26.0 Å². The van der Waals surface area contributed by atoms with E-state index in [-0.39, 0.29) is 18.2 Å². The summed E-state index contributed by atoms with van der Waals surface area (Å²) in [4.78, 5) is 11.5. The first-order valence-corrected chi connectivity index (χ1v) is 8.78. The number of ether oxygens (including phenoxy) is 1. The molecule has 7 heteroatoms. The van der Waals surface area contributed by atoms with Gasteiger partial charge in [-0.05, 0) is 31.4 Å². The normalized spacial score (nSPS) is 11.4. The van der Waals surface area contributed by atoms with Gasteiger partial charge in [0.2, 0.25) is 15.9 Å². The third-order valence-electron chi connectivity index (χ3n) is 3.15. The molecule has 0 saturated heterocycles. The number of hydrogen-bond donors (Lipinski definition) is 2. The number of benzene rings is 1. The Morgan fingerprint density at radius 3 is 2.68 bits per heavy atom. The summed E-state index contributed by atoms with van der Waals surface area (Å²) >= 11 is 0. The van der Waals surface area contributed by atoms with Crippen molar-refractivity contribution >= 4 is 15.9 Å². The van der Waals surface area contributed by atoms with Gasteiger partial charge in [0.25, 0.3) is 0 Å². The van der Waals surface area contributed by atoms with Crippen molar-refractivity contribution in [2.75, 3.05) is 26.8 Å². The zero-order valence-electron chi connectivity index (χ0n) is 13.3. The lowest BCUT2D eigenvalue weighted by Gasteiger charge is -2.10. The van der Waals surface area contributed by atoms with E-state index in [0.29, 0.717) is 19.6 Å². The maximum absolute atomic E-state index is 12.0. The molecule has 0 fully saturated rings. The maximum atomic E-state index is 12.0. The van der Waals surface area contributed by atoms with Crippen LogP contribution in [0.4, 0.5) is 0 Å². The fourth-order valence-corrected chi connectivity index (χ4v) is 3.07. The van der Waals surface area contributed by atoms with Gasteiger partial charge in [0, 0.05) is 20.3 Å². The van der Waals surface area contributed by atoms with E-state index in [2.05, 4.69) is 10.0 Å². The largest absolute Gasteiger partial charge is 0.385 e. The van der Waals surface area contributed by atoms with Crippen LogP contribution >= 0.6 is 0 Å². The molecule has 1 rings (SSSR count). The predicted octanol–water partition coefficient (Wildman–Crippen LogP) is 0.876. The first kappa shape index (κ1) is 18.6. The molecule has 0 unspecified atom stereocenters. The van der Waals surface area contributed by atoms with Gasteiger partial charge in [0.05, 0.1) is 12.3 Å². The van der Waals surface area contributed by atoms with E-state index in [1.807, 2.05) is 32.0 Å². The monoisotopic (exact) mass is 328 g/mol. The fraction of sp³-hybridized carbons (Fsp3) is 0.533. The molecule has 0 spiro atoms. The summed E-state index contributed by atoms with van der Waals surface area (Å²) in [5.74, 6) is -0.474. The zero-order chi connectivity index (χ0) is 16.6. The Hall–Kier alpha value is -1.44. The molecule has 0 radical (unpaired) electrons. The van der Waals surface area contributed by atoms with Gasteiger partial charge >= 0.3 is 0 Å². The summed E-state index contributed by atoms with van der Waals surface area (Å²) in [6, 6.07) is 5.68. The maximum Gasteiger partial charge on any atom is 0.235 e. The number of carbonyl (C=O) groups excluding carboxylic acids is 1. The fourth-order valence-electron chi connectivity index (χ4n) is 1.89. The van der Waals surface area contributed by atoms with Gasteiger partial charge in [-0.1, -0.05) is 23.8 Å². The lowest BCUT2D eigenvalue weighted by molar-refractivity contribution is -0.120. The number of nitrogens with one attached hydrogen (secondary N) is 2. The highest BCUT2D eigenvalue weighted by Gasteiger charge is 2.14. The molecule has 1 aromatic rings. The van der Waals surface area contributed by atoms with Gasteiger partial charge in [-0.15, -0.1) is 0 Å². The van der Waals surface area contributed by atoms with Crippen LogP contribution in [0.25, 0.3) is 0 Å². The predicted molar refractivity (Wildman–Crippen MR) is 86.0 cm³/mol. The third-order valence-corrected chi connectivity index (χ3v) is 4.43. The molecule has 0 aliphatic rings. The lowest BCUT2D eigenvalue weighted by Crippen LogP contribution is -2.38. The molecule has 0 aromatic heterocycles. The highest BCUT2D eigenvalue weighted by molar-refractivity contribution is 7.88. The molecule has 124 valence electrons. The summed E-state index contributed by atoms with van der Waals surface area (Å²) < 4.78 is 31.3. The second kappa shape index (κ2) is 8.87. The number of amides is 1. The van der Waals surface area contributed by atoms with E-state index in [1.54, 1.807) is 7.11 Å². The van der Waals surface area contributed by atoms with Crippen LogP contribution in [-0.2, 0) is 25.3 Å². The first-order chi connectivity index (χ1) is 10.3. The second-order valence-corrected chi connectivity index (χ2v) is 7.01. The molecule has 0 heterocycles. The van der Waals surface area contributed by atoms with Crippen molar-refractivity contribution < 1.29 is 17.9 Å². The summed E-state index contributed by atoms with van der Waals surface area (Å²) in [6.45, 7) is 4.55. The van der Waals surface area contributed by atoms with E-state index in [1.165, 1.54) is 0 Å². The second-order valence-electron chi connectivity index (χ2n) is 5.21. The van der Waals surface area contributed by atoms with Crippen LogP contribution in [0.1, 0.15) is 23.1 Å². The van der Waals surface area contributed by atoms with E-state index in [0.717, 1.165) is 16.7 Å². The van der Waals surface area contributed by atoms with Gasteiger partial charge in [-0.2, -0.15) is 0 Å².